The zero-order valence-corrected chi connectivity index (χ0v) is 15.1. The van der Waals surface area contributed by atoms with Crippen LogP contribution in [0, 0.1) is 0 Å². The Morgan fingerprint density at radius 2 is 1.21 bits per heavy atom. The summed E-state index contributed by atoms with van der Waals surface area (Å²) < 4.78 is 148. The monoisotopic (exact) mass is 447 g/mol. The SMILES string of the molecule is COC(CC(F)(F)C(F)(F)C(F)(F)C(F)(F)C(F)(F)F)c1ccc(N(C)C)cc1. The average Bonchev–Trinajstić information content (AvgIpc) is 2.58. The van der Waals surface area contributed by atoms with Gasteiger partial charge in [0.1, 0.15) is 0 Å². The van der Waals surface area contributed by atoms with Crippen LogP contribution in [-0.4, -0.2) is 51.1 Å². The highest BCUT2D eigenvalue weighted by atomic mass is 19.4. The molecule has 0 amide bonds. The maximum Gasteiger partial charge on any atom is 0.460 e. The zero-order chi connectivity index (χ0) is 23.1. The summed E-state index contributed by atoms with van der Waals surface area (Å²) in [4.78, 5) is 1.58. The van der Waals surface area contributed by atoms with Crippen LogP contribution in [0.4, 0.5) is 54.0 Å². The van der Waals surface area contributed by atoms with E-state index in [1.165, 1.54) is 12.1 Å². The van der Waals surface area contributed by atoms with Crippen LogP contribution in [0.3, 0.4) is 0 Å². The molecule has 29 heavy (non-hydrogen) atoms. The van der Waals surface area contributed by atoms with Crippen molar-refractivity contribution < 1.29 is 53.0 Å². The van der Waals surface area contributed by atoms with E-state index in [4.69, 9.17) is 0 Å². The van der Waals surface area contributed by atoms with Crippen molar-refractivity contribution in [1.82, 2.24) is 0 Å². The number of methoxy groups -OCH3 is 1. The molecule has 168 valence electrons. The molecule has 0 aromatic heterocycles. The summed E-state index contributed by atoms with van der Waals surface area (Å²) in [6.07, 6.45) is -11.5. The second-order valence-electron chi connectivity index (χ2n) is 6.34. The molecule has 0 N–H and O–H groups in total. The second-order valence-corrected chi connectivity index (χ2v) is 6.34. The smallest absolute Gasteiger partial charge is 0.378 e. The van der Waals surface area contributed by atoms with E-state index >= 15 is 0 Å². The van der Waals surface area contributed by atoms with Crippen LogP contribution in [0.2, 0.25) is 0 Å². The molecule has 0 aliphatic rings. The normalized spacial score (nSPS) is 15.4. The first kappa shape index (κ1) is 25.2. The minimum Gasteiger partial charge on any atom is -0.378 e. The lowest BCUT2D eigenvalue weighted by molar-refractivity contribution is -0.423. The van der Waals surface area contributed by atoms with Gasteiger partial charge in [0.25, 0.3) is 0 Å². The van der Waals surface area contributed by atoms with E-state index in [-0.39, 0.29) is 5.56 Å². The van der Waals surface area contributed by atoms with E-state index in [0.717, 1.165) is 19.2 Å². The molecule has 0 saturated carbocycles. The molecule has 1 aromatic rings. The van der Waals surface area contributed by atoms with Crippen molar-refractivity contribution >= 4 is 5.69 Å². The molecule has 0 fully saturated rings. The molecule has 0 aliphatic carbocycles. The number of alkyl halides is 11. The van der Waals surface area contributed by atoms with Crippen molar-refractivity contribution in [3.8, 4) is 0 Å². The topological polar surface area (TPSA) is 12.5 Å². The van der Waals surface area contributed by atoms with Crippen molar-refractivity contribution in [2.24, 2.45) is 0 Å². The molecule has 0 aliphatic heterocycles. The molecule has 1 unspecified atom stereocenters. The van der Waals surface area contributed by atoms with Gasteiger partial charge in [-0.15, -0.1) is 0 Å². The summed E-state index contributed by atoms with van der Waals surface area (Å²) in [6.45, 7) is 0. The summed E-state index contributed by atoms with van der Waals surface area (Å²) in [7, 11) is 3.97. The van der Waals surface area contributed by atoms with Crippen LogP contribution in [-0.2, 0) is 4.74 Å². The molecular weight excluding hydrogens is 431 g/mol. The van der Waals surface area contributed by atoms with Gasteiger partial charge in [-0.05, 0) is 17.7 Å². The highest BCUT2D eigenvalue weighted by molar-refractivity contribution is 5.46. The number of halogens is 11. The molecule has 1 aromatic carbocycles. The molecule has 13 heteroatoms. The Kier molecular flexibility index (Phi) is 6.79. The predicted octanol–water partition coefficient (Wildman–Crippen LogP) is 5.93. The largest absolute Gasteiger partial charge is 0.460 e. The van der Waals surface area contributed by atoms with E-state index < -0.39 is 42.4 Å². The lowest BCUT2D eigenvalue weighted by Gasteiger charge is -2.38. The highest BCUT2D eigenvalue weighted by Gasteiger charge is 2.87. The number of ether oxygens (including phenoxy) is 1. The van der Waals surface area contributed by atoms with Crippen LogP contribution in [0.15, 0.2) is 24.3 Å². The molecule has 2 nitrogen and oxygen atoms in total. The van der Waals surface area contributed by atoms with Crippen LogP contribution >= 0.6 is 0 Å². The van der Waals surface area contributed by atoms with Crippen molar-refractivity contribution in [2.75, 3.05) is 26.1 Å². The fourth-order valence-corrected chi connectivity index (χ4v) is 2.29. The maximum atomic E-state index is 13.9. The van der Waals surface area contributed by atoms with Crippen molar-refractivity contribution in [1.29, 1.82) is 0 Å². The molecule has 1 atom stereocenters. The van der Waals surface area contributed by atoms with Gasteiger partial charge in [-0.25, -0.2) is 0 Å². The molecule has 0 spiro atoms. The van der Waals surface area contributed by atoms with Gasteiger partial charge in [0.15, 0.2) is 0 Å². The Hall–Kier alpha value is -1.79. The van der Waals surface area contributed by atoms with Gasteiger partial charge in [0.2, 0.25) is 0 Å². The van der Waals surface area contributed by atoms with Crippen LogP contribution in [0.5, 0.6) is 0 Å². The van der Waals surface area contributed by atoms with Gasteiger partial charge in [-0.3, -0.25) is 0 Å². The summed E-state index contributed by atoms with van der Waals surface area (Å²) in [5.74, 6) is -27.8. The van der Waals surface area contributed by atoms with Crippen LogP contribution in [0.25, 0.3) is 0 Å². The maximum absolute atomic E-state index is 13.9. The molecule has 0 radical (unpaired) electrons. The number of anilines is 1. The molecular formula is C16H16F11NO. The van der Waals surface area contributed by atoms with E-state index in [1.807, 2.05) is 0 Å². The second kappa shape index (κ2) is 7.80. The number of benzene rings is 1. The van der Waals surface area contributed by atoms with E-state index in [1.54, 1.807) is 19.0 Å². The first-order valence-electron chi connectivity index (χ1n) is 7.71. The molecule has 0 saturated heterocycles. The quantitative estimate of drug-likeness (QED) is 0.458. The summed E-state index contributed by atoms with van der Waals surface area (Å²) in [6, 6.07) is 4.93. The van der Waals surface area contributed by atoms with Crippen molar-refractivity contribution in [3.05, 3.63) is 29.8 Å². The van der Waals surface area contributed by atoms with Gasteiger partial charge in [-0.1, -0.05) is 12.1 Å². The number of nitrogens with zero attached hydrogens (tertiary/aromatic N) is 1. The lowest BCUT2D eigenvalue weighted by Crippen LogP contribution is -2.66. The fourth-order valence-electron chi connectivity index (χ4n) is 2.29. The molecule has 1 rings (SSSR count). The highest BCUT2D eigenvalue weighted by Crippen LogP contribution is 2.58. The Balaban J connectivity index is 3.26. The third kappa shape index (κ3) is 4.38. The van der Waals surface area contributed by atoms with Gasteiger partial charge >= 0.3 is 29.9 Å². The van der Waals surface area contributed by atoms with Gasteiger partial charge in [0.05, 0.1) is 6.10 Å². The summed E-state index contributed by atoms with van der Waals surface area (Å²) in [5.41, 5.74) is 0.330. The Labute approximate surface area is 158 Å². The van der Waals surface area contributed by atoms with Gasteiger partial charge in [0, 0.05) is 33.3 Å². The van der Waals surface area contributed by atoms with Crippen LogP contribution in [0.1, 0.15) is 18.1 Å². The Morgan fingerprint density at radius 1 is 0.759 bits per heavy atom. The third-order valence-corrected chi connectivity index (χ3v) is 4.11. The minimum atomic E-state index is -7.42. The standard InChI is InChI=1S/C16H16F11NO/c1-28(2)10-6-4-9(5-7-10)11(29-3)8-12(17,18)13(19,20)14(21,22)15(23,24)16(25,26)27/h4-7,11H,8H2,1-3H3. The van der Waals surface area contributed by atoms with E-state index in [0.29, 0.717) is 5.69 Å². The number of rotatable bonds is 8. The van der Waals surface area contributed by atoms with Crippen molar-refractivity contribution in [3.63, 3.8) is 0 Å². The summed E-state index contributed by atoms with van der Waals surface area (Å²) in [5, 5.41) is 0. The Morgan fingerprint density at radius 3 is 1.55 bits per heavy atom. The lowest BCUT2D eigenvalue weighted by atomic mass is 9.92. The van der Waals surface area contributed by atoms with Gasteiger partial charge < -0.3 is 9.64 Å². The molecule has 0 bridgehead atoms. The summed E-state index contributed by atoms with van der Waals surface area (Å²) >= 11 is 0. The van der Waals surface area contributed by atoms with Gasteiger partial charge in [-0.2, -0.15) is 48.3 Å². The van der Waals surface area contributed by atoms with E-state index in [2.05, 4.69) is 4.74 Å². The van der Waals surface area contributed by atoms with Crippen molar-refractivity contribution in [2.45, 2.75) is 42.4 Å². The molecule has 0 heterocycles. The fraction of sp³-hybridized carbons (Fsp3) is 0.625. The zero-order valence-electron chi connectivity index (χ0n) is 15.1. The first-order valence-corrected chi connectivity index (χ1v) is 7.71. The number of hydrogen-bond donors (Lipinski definition) is 0. The first-order chi connectivity index (χ1) is 12.8. The van der Waals surface area contributed by atoms with Crippen LogP contribution < -0.4 is 4.90 Å². The third-order valence-electron chi connectivity index (χ3n) is 4.11. The Bertz CT molecular complexity index is 683. The van der Waals surface area contributed by atoms with E-state index in [9.17, 15) is 48.3 Å². The number of hydrogen-bond acceptors (Lipinski definition) is 2. The average molecular weight is 447 g/mol. The predicted molar refractivity (Wildman–Crippen MR) is 81.0 cm³/mol. The minimum absolute atomic E-state index is 0.209.